The van der Waals surface area contributed by atoms with Gasteiger partial charge >= 0.3 is 6.18 Å². The van der Waals surface area contributed by atoms with Gasteiger partial charge in [-0.25, -0.2) is 25.9 Å². The van der Waals surface area contributed by atoms with Crippen molar-refractivity contribution in [1.82, 2.24) is 4.72 Å². The van der Waals surface area contributed by atoms with Gasteiger partial charge in [-0.15, -0.1) is 0 Å². The highest BCUT2D eigenvalue weighted by molar-refractivity contribution is 7.92. The number of nitrogens with one attached hydrogen (secondary N) is 1. The summed E-state index contributed by atoms with van der Waals surface area (Å²) in [5.41, 5.74) is -0.136. The second-order valence-electron chi connectivity index (χ2n) is 9.55. The van der Waals surface area contributed by atoms with Gasteiger partial charge in [-0.05, 0) is 67.4 Å². The average molecular weight is 633 g/mol. The zero-order chi connectivity index (χ0) is 30.3. The van der Waals surface area contributed by atoms with Gasteiger partial charge in [0.15, 0.2) is 0 Å². The first-order valence-corrected chi connectivity index (χ1v) is 15.8. The van der Waals surface area contributed by atoms with Crippen molar-refractivity contribution in [2.75, 3.05) is 17.1 Å². The molecule has 1 aliphatic heterocycles. The molecule has 0 spiro atoms. The topological polar surface area (TPSA) is 92.8 Å². The number of rotatable bonds is 7. The van der Waals surface area contributed by atoms with Crippen LogP contribution in [0.3, 0.4) is 0 Å². The minimum Gasteiger partial charge on any atom is -0.485 e. The summed E-state index contributed by atoms with van der Waals surface area (Å²) in [6.07, 6.45) is -3.31. The molecule has 14 heteroatoms. The van der Waals surface area contributed by atoms with E-state index in [2.05, 4.69) is 4.72 Å². The Kier molecular flexibility index (Phi) is 8.47. The summed E-state index contributed by atoms with van der Waals surface area (Å²) >= 11 is 6.18. The van der Waals surface area contributed by atoms with E-state index in [1.807, 2.05) is 0 Å². The van der Waals surface area contributed by atoms with Crippen molar-refractivity contribution in [2.24, 2.45) is 0 Å². The van der Waals surface area contributed by atoms with Gasteiger partial charge < -0.3 is 4.74 Å². The van der Waals surface area contributed by atoms with E-state index in [4.69, 9.17) is 16.3 Å². The zero-order valence-corrected chi connectivity index (χ0v) is 24.3. The number of fused-ring (bicyclic) bond motifs is 1. The number of ether oxygens (including phenoxy) is 1. The first-order chi connectivity index (χ1) is 19.0. The van der Waals surface area contributed by atoms with Crippen LogP contribution in [0.4, 0.5) is 23.2 Å². The lowest BCUT2D eigenvalue weighted by Gasteiger charge is -2.38. The quantitative estimate of drug-likeness (QED) is 0.257. The largest absolute Gasteiger partial charge is 0.485 e. The maximum absolute atomic E-state index is 14.5. The van der Waals surface area contributed by atoms with E-state index in [1.54, 1.807) is 19.1 Å². The second kappa shape index (κ2) is 11.3. The molecule has 3 aromatic rings. The summed E-state index contributed by atoms with van der Waals surface area (Å²) in [5.74, 6) is -0.505. The molecule has 1 N–H and O–H groups in total. The average Bonchev–Trinajstić information content (AvgIpc) is 2.86. The van der Waals surface area contributed by atoms with E-state index in [0.717, 1.165) is 28.8 Å². The molecule has 0 aromatic heterocycles. The minimum absolute atomic E-state index is 0.00592. The van der Waals surface area contributed by atoms with Gasteiger partial charge in [-0.3, -0.25) is 4.31 Å². The molecule has 0 saturated carbocycles. The fourth-order valence-corrected chi connectivity index (χ4v) is 7.10. The first-order valence-electron chi connectivity index (χ1n) is 12.1. The van der Waals surface area contributed by atoms with Crippen LogP contribution in [0, 0.1) is 5.82 Å². The maximum atomic E-state index is 14.5. The summed E-state index contributed by atoms with van der Waals surface area (Å²) in [7, 11) is -8.31. The highest BCUT2D eigenvalue weighted by Crippen LogP contribution is 2.40. The van der Waals surface area contributed by atoms with E-state index in [0.29, 0.717) is 17.2 Å². The number of anilines is 1. The Labute approximate surface area is 240 Å². The summed E-state index contributed by atoms with van der Waals surface area (Å²) in [4.78, 5) is -0.613. The molecule has 0 bridgehead atoms. The summed E-state index contributed by atoms with van der Waals surface area (Å²) < 4.78 is 115. The minimum atomic E-state index is -4.78. The molecule has 0 radical (unpaired) electrons. The van der Waals surface area contributed by atoms with Gasteiger partial charge in [0.1, 0.15) is 17.7 Å². The number of sulfonamides is 2. The van der Waals surface area contributed by atoms with Crippen LogP contribution in [-0.4, -0.2) is 41.8 Å². The molecular weight excluding hydrogens is 608 g/mol. The second-order valence-corrected chi connectivity index (χ2v) is 13.6. The number of benzene rings is 3. The van der Waals surface area contributed by atoms with E-state index >= 15 is 0 Å². The Bertz CT molecular complexity index is 1710. The Balaban J connectivity index is 1.83. The van der Waals surface area contributed by atoms with Gasteiger partial charge in [-0.1, -0.05) is 35.9 Å². The van der Waals surface area contributed by atoms with Crippen molar-refractivity contribution in [2.45, 2.75) is 37.1 Å². The summed E-state index contributed by atoms with van der Waals surface area (Å²) in [5, 5.41) is 0.170. The smallest absolute Gasteiger partial charge is 0.416 e. The SMILES string of the molecule is CC(=Cc1ccc2c(c1)N(S(=O)(=O)c1cccc(C(F)(F)F)c1)CC(C(C)NS(C)(=O)=O)O2)c1c(F)cccc1Cl. The highest BCUT2D eigenvalue weighted by Gasteiger charge is 2.39. The molecule has 4 rings (SSSR count). The van der Waals surface area contributed by atoms with Gasteiger partial charge in [0.2, 0.25) is 10.0 Å². The molecule has 1 heterocycles. The highest BCUT2D eigenvalue weighted by atomic mass is 35.5. The third-order valence-corrected chi connectivity index (χ3v) is 9.21. The van der Waals surface area contributed by atoms with E-state index < -0.39 is 61.2 Å². The lowest BCUT2D eigenvalue weighted by Crippen LogP contribution is -2.52. The van der Waals surface area contributed by atoms with Crippen LogP contribution in [0.25, 0.3) is 11.6 Å². The fraction of sp³-hybridized carbons (Fsp3) is 0.259. The predicted octanol–water partition coefficient (Wildman–Crippen LogP) is 5.95. The molecule has 1 aliphatic rings. The number of nitrogens with zero attached hydrogens (tertiary/aromatic N) is 1. The van der Waals surface area contributed by atoms with Crippen molar-refractivity contribution in [1.29, 1.82) is 0 Å². The van der Waals surface area contributed by atoms with Crippen molar-refractivity contribution >= 4 is 49.0 Å². The third kappa shape index (κ3) is 6.85. The molecule has 0 fully saturated rings. The van der Waals surface area contributed by atoms with Gasteiger partial charge in [0, 0.05) is 5.56 Å². The Hall–Kier alpha value is -3.13. The predicted molar refractivity (Wildman–Crippen MR) is 149 cm³/mol. The van der Waals surface area contributed by atoms with Crippen molar-refractivity contribution < 1.29 is 39.1 Å². The summed E-state index contributed by atoms with van der Waals surface area (Å²) in [6.45, 7) is 2.68. The lowest BCUT2D eigenvalue weighted by atomic mass is 10.0. The van der Waals surface area contributed by atoms with Crippen molar-refractivity contribution in [3.05, 3.63) is 88.2 Å². The molecule has 3 aromatic carbocycles. The normalized spacial score (nSPS) is 17.1. The standard InChI is InChI=1S/C27H25ClF4N2O5S2/c1-16(26-21(28)8-5-9-22(26)29)12-18-10-11-24-23(13-18)34(15-25(39-24)17(2)33-40(3,35)36)41(37,38)20-7-4-6-19(14-20)27(30,31)32/h4-14,17,25,33H,15H2,1-3H3. The van der Waals surface area contributed by atoms with Crippen molar-refractivity contribution in [3.8, 4) is 5.75 Å². The molecule has 220 valence electrons. The number of hydrogen-bond donors (Lipinski definition) is 1. The Morgan fingerprint density at radius 1 is 1.10 bits per heavy atom. The van der Waals surface area contributed by atoms with Crippen LogP contribution in [-0.2, 0) is 26.2 Å². The van der Waals surface area contributed by atoms with Gasteiger partial charge in [0.05, 0.1) is 40.0 Å². The molecular formula is C27H25ClF4N2O5S2. The van der Waals surface area contributed by atoms with Gasteiger partial charge in [0.25, 0.3) is 10.0 Å². The maximum Gasteiger partial charge on any atom is 0.416 e. The number of alkyl halides is 3. The Morgan fingerprint density at radius 3 is 2.41 bits per heavy atom. The van der Waals surface area contributed by atoms with Crippen LogP contribution in [0.2, 0.25) is 5.02 Å². The first kappa shape index (κ1) is 30.8. The molecule has 7 nitrogen and oxygen atoms in total. The van der Waals surface area contributed by atoms with E-state index in [9.17, 15) is 34.4 Å². The van der Waals surface area contributed by atoms with Crippen molar-refractivity contribution in [3.63, 3.8) is 0 Å². The van der Waals surface area contributed by atoms with Crippen LogP contribution in [0.1, 0.15) is 30.5 Å². The molecule has 2 atom stereocenters. The number of hydrogen-bond acceptors (Lipinski definition) is 5. The molecule has 41 heavy (non-hydrogen) atoms. The van der Waals surface area contributed by atoms with Crippen LogP contribution >= 0.6 is 11.6 Å². The van der Waals surface area contributed by atoms with E-state index in [-0.39, 0.29) is 22.0 Å². The summed E-state index contributed by atoms with van der Waals surface area (Å²) in [6, 6.07) is 11.1. The monoisotopic (exact) mass is 632 g/mol. The van der Waals surface area contributed by atoms with Crippen LogP contribution < -0.4 is 13.8 Å². The number of halogens is 5. The molecule has 0 saturated heterocycles. The molecule has 2 unspecified atom stereocenters. The third-order valence-electron chi connectivity index (χ3n) is 6.32. The number of allylic oxidation sites excluding steroid dienone is 1. The van der Waals surface area contributed by atoms with Crippen LogP contribution in [0.5, 0.6) is 5.75 Å². The zero-order valence-electron chi connectivity index (χ0n) is 21.9. The lowest BCUT2D eigenvalue weighted by molar-refractivity contribution is -0.137. The molecule has 0 aliphatic carbocycles. The van der Waals surface area contributed by atoms with E-state index in [1.165, 1.54) is 37.3 Å². The van der Waals surface area contributed by atoms with Gasteiger partial charge in [-0.2, -0.15) is 13.2 Å². The Morgan fingerprint density at radius 2 is 1.78 bits per heavy atom. The van der Waals surface area contributed by atoms with Crippen LogP contribution in [0.15, 0.2) is 65.6 Å². The fourth-order valence-electron chi connectivity index (χ4n) is 4.44. The molecule has 0 amide bonds.